The highest BCUT2D eigenvalue weighted by molar-refractivity contribution is 8.24. The van der Waals surface area contributed by atoms with Gasteiger partial charge in [0.25, 0.3) is 0 Å². The summed E-state index contributed by atoms with van der Waals surface area (Å²) in [6, 6.07) is 10.5. The molecule has 1 aliphatic rings. The van der Waals surface area contributed by atoms with Gasteiger partial charge in [0.05, 0.1) is 22.7 Å². The molecule has 0 aliphatic carbocycles. The molecule has 0 spiro atoms. The Balaban J connectivity index is 1.74. The van der Waals surface area contributed by atoms with E-state index in [9.17, 15) is 13.9 Å². The summed E-state index contributed by atoms with van der Waals surface area (Å²) < 4.78 is 23.5. The maximum Gasteiger partial charge on any atom is 0.330 e. The number of nitrogens with zero attached hydrogens (tertiary/aromatic N) is 4. The van der Waals surface area contributed by atoms with E-state index < -0.39 is 10.6 Å². The van der Waals surface area contributed by atoms with Gasteiger partial charge in [-0.3, -0.25) is 23.1 Å². The number of benzene rings is 1. The molecule has 0 radical (unpaired) electrons. The zero-order chi connectivity index (χ0) is 25.1. The van der Waals surface area contributed by atoms with E-state index in [4.69, 9.17) is 4.98 Å². The molecule has 1 saturated heterocycles. The minimum atomic E-state index is -2.44. The molecule has 3 aromatic rings. The van der Waals surface area contributed by atoms with Gasteiger partial charge in [0.1, 0.15) is 0 Å². The van der Waals surface area contributed by atoms with Crippen molar-refractivity contribution in [3.8, 4) is 11.3 Å². The fraction of sp³-hybridized carbons (Fsp3) is 0.538. The Morgan fingerprint density at radius 2 is 1.68 bits per heavy atom. The maximum atomic E-state index is 12.9. The van der Waals surface area contributed by atoms with Gasteiger partial charge in [-0.2, -0.15) is 10.6 Å². The molecule has 186 valence electrons. The molecule has 7 nitrogen and oxygen atoms in total. The Bertz CT molecular complexity index is 1270. The SMILES string of the molecule is Cc1ccc(C(C)(C)N2CCS(O)(O)CC2)cc1-c1ccc2c(n1)n(C)c(=O)n2CC(C)(C)C. The number of fused-ring (bicyclic) bond motifs is 1. The molecule has 0 atom stereocenters. The largest absolute Gasteiger partial charge is 0.330 e. The van der Waals surface area contributed by atoms with Crippen LogP contribution in [0.1, 0.15) is 45.7 Å². The Morgan fingerprint density at radius 3 is 2.29 bits per heavy atom. The van der Waals surface area contributed by atoms with Gasteiger partial charge in [-0.25, -0.2) is 9.78 Å². The van der Waals surface area contributed by atoms with Crippen molar-refractivity contribution in [2.24, 2.45) is 12.5 Å². The van der Waals surface area contributed by atoms with Crippen LogP contribution in [-0.2, 0) is 19.1 Å². The first-order valence-electron chi connectivity index (χ1n) is 11.9. The molecule has 1 fully saturated rings. The molecule has 34 heavy (non-hydrogen) atoms. The van der Waals surface area contributed by atoms with Crippen LogP contribution in [0.3, 0.4) is 0 Å². The molecule has 0 saturated carbocycles. The third-order valence-electron chi connectivity index (χ3n) is 7.00. The Morgan fingerprint density at radius 1 is 1.03 bits per heavy atom. The van der Waals surface area contributed by atoms with Crippen molar-refractivity contribution >= 4 is 21.8 Å². The summed E-state index contributed by atoms with van der Waals surface area (Å²) in [6.45, 7) is 14.8. The van der Waals surface area contributed by atoms with Gasteiger partial charge in [-0.1, -0.05) is 32.9 Å². The summed E-state index contributed by atoms with van der Waals surface area (Å²) in [6.07, 6.45) is 0. The molecular formula is C26H38N4O3S. The highest BCUT2D eigenvalue weighted by Gasteiger charge is 2.34. The van der Waals surface area contributed by atoms with Crippen LogP contribution in [0.5, 0.6) is 0 Å². The van der Waals surface area contributed by atoms with Gasteiger partial charge in [0.15, 0.2) is 5.65 Å². The summed E-state index contributed by atoms with van der Waals surface area (Å²) in [5.41, 5.74) is 5.40. The lowest BCUT2D eigenvalue weighted by Gasteiger charge is -2.47. The van der Waals surface area contributed by atoms with Gasteiger partial charge in [-0.15, -0.1) is 0 Å². The third kappa shape index (κ3) is 4.69. The molecule has 0 bridgehead atoms. The zero-order valence-electron chi connectivity index (χ0n) is 21.4. The lowest BCUT2D eigenvalue weighted by Crippen LogP contribution is -2.48. The van der Waals surface area contributed by atoms with Crippen molar-refractivity contribution in [3.05, 3.63) is 51.9 Å². The smallest absolute Gasteiger partial charge is 0.299 e. The summed E-state index contributed by atoms with van der Waals surface area (Å²) >= 11 is 0. The summed E-state index contributed by atoms with van der Waals surface area (Å²) in [7, 11) is -0.650. The van der Waals surface area contributed by atoms with E-state index in [1.165, 1.54) is 0 Å². The van der Waals surface area contributed by atoms with Crippen LogP contribution in [0.4, 0.5) is 0 Å². The van der Waals surface area contributed by atoms with Crippen molar-refractivity contribution in [2.45, 2.75) is 53.6 Å². The summed E-state index contributed by atoms with van der Waals surface area (Å²) in [4.78, 5) is 20.2. The second kappa shape index (κ2) is 8.52. The number of aromatic nitrogens is 3. The monoisotopic (exact) mass is 486 g/mol. The maximum absolute atomic E-state index is 12.9. The molecule has 2 aromatic heterocycles. The van der Waals surface area contributed by atoms with Crippen molar-refractivity contribution in [1.82, 2.24) is 19.0 Å². The van der Waals surface area contributed by atoms with Gasteiger partial charge < -0.3 is 0 Å². The Labute approximate surface area is 203 Å². The van der Waals surface area contributed by atoms with E-state index in [2.05, 4.69) is 64.6 Å². The summed E-state index contributed by atoms with van der Waals surface area (Å²) in [5, 5.41) is 0. The van der Waals surface area contributed by atoms with Crippen molar-refractivity contribution in [1.29, 1.82) is 0 Å². The van der Waals surface area contributed by atoms with Crippen LogP contribution in [0.15, 0.2) is 35.1 Å². The lowest BCUT2D eigenvalue weighted by atomic mass is 9.88. The average molecular weight is 487 g/mol. The fourth-order valence-electron chi connectivity index (χ4n) is 4.80. The van der Waals surface area contributed by atoms with E-state index in [-0.39, 0.29) is 16.6 Å². The normalized spacial score (nSPS) is 18.4. The van der Waals surface area contributed by atoms with Crippen LogP contribution in [0, 0.1) is 12.3 Å². The van der Waals surface area contributed by atoms with Gasteiger partial charge in [0, 0.05) is 37.8 Å². The van der Waals surface area contributed by atoms with E-state index in [1.807, 2.05) is 16.7 Å². The standard InChI is InChI=1S/C26H38N4O3S/c1-18-8-9-19(26(5,6)29-12-14-34(32,33)15-13-29)16-20(18)21-10-11-22-23(27-21)28(7)24(31)30(22)17-25(2,3)4/h8-11,16,32-33H,12-15,17H2,1-7H3. The van der Waals surface area contributed by atoms with E-state index in [1.54, 1.807) is 11.6 Å². The van der Waals surface area contributed by atoms with Crippen LogP contribution < -0.4 is 5.69 Å². The van der Waals surface area contributed by atoms with E-state index in [0.717, 1.165) is 27.9 Å². The number of aryl methyl sites for hydroxylation is 2. The average Bonchev–Trinajstić information content (AvgIpc) is 2.97. The zero-order valence-corrected chi connectivity index (χ0v) is 22.2. The van der Waals surface area contributed by atoms with Crippen LogP contribution in [0.2, 0.25) is 0 Å². The fourth-order valence-corrected chi connectivity index (χ4v) is 6.03. The molecule has 0 amide bonds. The summed E-state index contributed by atoms with van der Waals surface area (Å²) in [5.74, 6) is 0.847. The second-order valence-corrected chi connectivity index (χ2v) is 13.7. The van der Waals surface area contributed by atoms with Crippen molar-refractivity contribution in [2.75, 3.05) is 24.6 Å². The second-order valence-electron chi connectivity index (χ2n) is 11.3. The molecule has 2 N–H and O–H groups in total. The molecule has 0 unspecified atom stereocenters. The lowest BCUT2D eigenvalue weighted by molar-refractivity contribution is 0.129. The van der Waals surface area contributed by atoms with Crippen molar-refractivity contribution < 1.29 is 9.11 Å². The molecule has 1 aromatic carbocycles. The van der Waals surface area contributed by atoms with Gasteiger partial charge >= 0.3 is 5.69 Å². The van der Waals surface area contributed by atoms with E-state index in [0.29, 0.717) is 36.8 Å². The van der Waals surface area contributed by atoms with Crippen LogP contribution in [0.25, 0.3) is 22.4 Å². The molecule has 1 aliphatic heterocycles. The minimum absolute atomic E-state index is 0.0189. The highest BCUT2D eigenvalue weighted by Crippen LogP contribution is 2.43. The first-order valence-corrected chi connectivity index (χ1v) is 13.7. The number of imidazole rings is 1. The first kappa shape index (κ1) is 25.0. The number of hydrogen-bond donors (Lipinski definition) is 2. The van der Waals surface area contributed by atoms with Crippen LogP contribution >= 0.6 is 10.6 Å². The predicted molar refractivity (Wildman–Crippen MR) is 142 cm³/mol. The highest BCUT2D eigenvalue weighted by atomic mass is 32.3. The minimum Gasteiger partial charge on any atom is -0.299 e. The van der Waals surface area contributed by atoms with Crippen LogP contribution in [-0.4, -0.2) is 52.7 Å². The Kier molecular flexibility index (Phi) is 6.26. The number of rotatable bonds is 4. The molecular weight excluding hydrogens is 448 g/mol. The molecule has 3 heterocycles. The number of pyridine rings is 1. The first-order chi connectivity index (χ1) is 15.7. The van der Waals surface area contributed by atoms with Gasteiger partial charge in [-0.05, 0) is 55.5 Å². The molecule has 4 rings (SSSR count). The predicted octanol–water partition coefficient (Wildman–Crippen LogP) is 5.06. The Hall–Kier alpha value is -2.13. The third-order valence-corrected chi connectivity index (χ3v) is 8.67. The van der Waals surface area contributed by atoms with Crippen molar-refractivity contribution in [3.63, 3.8) is 0 Å². The van der Waals surface area contributed by atoms with E-state index >= 15 is 0 Å². The quantitative estimate of drug-likeness (QED) is 0.539. The topological polar surface area (TPSA) is 83.5 Å². The number of hydrogen-bond acceptors (Lipinski definition) is 5. The molecule has 8 heteroatoms. The van der Waals surface area contributed by atoms with Gasteiger partial charge in [0.2, 0.25) is 0 Å².